The van der Waals surface area contributed by atoms with Crippen LogP contribution < -0.4 is 5.32 Å². The molecule has 3 heterocycles. The van der Waals surface area contributed by atoms with Crippen LogP contribution in [-0.4, -0.2) is 46.2 Å². The van der Waals surface area contributed by atoms with E-state index in [1.807, 2.05) is 37.6 Å². The Balaban J connectivity index is 1.51. The van der Waals surface area contributed by atoms with Crippen LogP contribution in [0, 0.1) is 0 Å². The van der Waals surface area contributed by atoms with Gasteiger partial charge in [0.1, 0.15) is 0 Å². The Bertz CT molecular complexity index is 667. The standard InChI is InChI=1S/C17H24N4O2S/c1-17(2,3)18-14(22)10-21-7-4-12(5-8-21)15-19-20-16(23-15)13-6-9-24-11-13/h6,9,11-12H,4-5,7-8,10H2,1-3H3,(H,18,22). The summed E-state index contributed by atoms with van der Waals surface area (Å²) in [5.41, 5.74) is 0.798. The molecule has 0 unspecified atom stereocenters. The Labute approximate surface area is 146 Å². The maximum atomic E-state index is 12.0. The number of carbonyl (C=O) groups is 1. The van der Waals surface area contributed by atoms with Gasteiger partial charge in [-0.25, -0.2) is 0 Å². The third kappa shape index (κ3) is 4.42. The molecule has 6 nitrogen and oxygen atoms in total. The van der Waals surface area contributed by atoms with E-state index in [0.29, 0.717) is 12.4 Å². The van der Waals surface area contributed by atoms with Crippen molar-refractivity contribution in [1.82, 2.24) is 20.4 Å². The molecule has 0 aromatic carbocycles. The van der Waals surface area contributed by atoms with Crippen molar-refractivity contribution in [1.29, 1.82) is 0 Å². The van der Waals surface area contributed by atoms with Crippen molar-refractivity contribution in [2.45, 2.75) is 45.1 Å². The SMILES string of the molecule is CC(C)(C)NC(=O)CN1CCC(c2nnc(-c3ccsc3)o2)CC1. The lowest BCUT2D eigenvalue weighted by Crippen LogP contribution is -2.47. The van der Waals surface area contributed by atoms with Crippen molar-refractivity contribution in [2.75, 3.05) is 19.6 Å². The first-order chi connectivity index (χ1) is 11.4. The van der Waals surface area contributed by atoms with Crippen molar-refractivity contribution >= 4 is 17.2 Å². The smallest absolute Gasteiger partial charge is 0.248 e. The van der Waals surface area contributed by atoms with E-state index in [9.17, 15) is 4.79 Å². The van der Waals surface area contributed by atoms with Crippen LogP contribution in [0.5, 0.6) is 0 Å². The lowest BCUT2D eigenvalue weighted by molar-refractivity contribution is -0.123. The minimum Gasteiger partial charge on any atom is -0.420 e. The third-order valence-electron chi connectivity index (χ3n) is 4.03. The molecule has 0 saturated carbocycles. The van der Waals surface area contributed by atoms with Gasteiger partial charge >= 0.3 is 0 Å². The lowest BCUT2D eigenvalue weighted by atomic mass is 9.97. The summed E-state index contributed by atoms with van der Waals surface area (Å²) in [5.74, 6) is 1.68. The fourth-order valence-corrected chi connectivity index (χ4v) is 3.53. The maximum Gasteiger partial charge on any atom is 0.248 e. The molecule has 3 rings (SSSR count). The number of aromatic nitrogens is 2. The number of hydrogen-bond donors (Lipinski definition) is 1. The van der Waals surface area contributed by atoms with Crippen LogP contribution in [0.15, 0.2) is 21.2 Å². The Kier molecular flexibility index (Phi) is 5.01. The molecule has 1 amide bonds. The van der Waals surface area contributed by atoms with Crippen LogP contribution in [-0.2, 0) is 4.79 Å². The van der Waals surface area contributed by atoms with Gasteiger partial charge in [-0.2, -0.15) is 11.3 Å². The van der Waals surface area contributed by atoms with Gasteiger partial charge in [0.05, 0.1) is 6.54 Å². The summed E-state index contributed by atoms with van der Waals surface area (Å²) >= 11 is 1.62. The molecule has 24 heavy (non-hydrogen) atoms. The summed E-state index contributed by atoms with van der Waals surface area (Å²) in [7, 11) is 0. The zero-order valence-electron chi connectivity index (χ0n) is 14.4. The fraction of sp³-hybridized carbons (Fsp3) is 0.588. The number of likely N-dealkylation sites (tertiary alicyclic amines) is 1. The molecule has 2 aromatic heterocycles. The number of carbonyl (C=O) groups excluding carboxylic acids is 1. The van der Waals surface area contributed by atoms with Gasteiger partial charge in [0.2, 0.25) is 17.7 Å². The van der Waals surface area contributed by atoms with E-state index in [-0.39, 0.29) is 17.4 Å². The number of amides is 1. The molecular formula is C17H24N4O2S. The Morgan fingerprint density at radius 1 is 1.38 bits per heavy atom. The summed E-state index contributed by atoms with van der Waals surface area (Å²) < 4.78 is 5.84. The van der Waals surface area contributed by atoms with E-state index in [4.69, 9.17) is 4.42 Å². The number of nitrogens with one attached hydrogen (secondary N) is 1. The molecule has 0 atom stereocenters. The van der Waals surface area contributed by atoms with E-state index in [2.05, 4.69) is 20.4 Å². The van der Waals surface area contributed by atoms with Gasteiger partial charge in [0.15, 0.2) is 0 Å². The topological polar surface area (TPSA) is 71.3 Å². The van der Waals surface area contributed by atoms with Crippen LogP contribution in [0.4, 0.5) is 0 Å². The lowest BCUT2D eigenvalue weighted by Gasteiger charge is -2.31. The number of nitrogens with zero attached hydrogens (tertiary/aromatic N) is 3. The van der Waals surface area contributed by atoms with Gasteiger partial charge in [0, 0.05) is 22.4 Å². The summed E-state index contributed by atoms with van der Waals surface area (Å²) in [5, 5.41) is 15.4. The van der Waals surface area contributed by atoms with E-state index in [1.165, 1.54) is 0 Å². The van der Waals surface area contributed by atoms with Gasteiger partial charge in [-0.1, -0.05) is 0 Å². The Morgan fingerprint density at radius 2 is 2.12 bits per heavy atom. The van der Waals surface area contributed by atoms with Crippen molar-refractivity contribution in [3.05, 3.63) is 22.7 Å². The minimum atomic E-state index is -0.183. The highest BCUT2D eigenvalue weighted by atomic mass is 32.1. The summed E-state index contributed by atoms with van der Waals surface area (Å²) in [4.78, 5) is 14.2. The summed E-state index contributed by atoms with van der Waals surface area (Å²) in [6.45, 7) is 8.19. The maximum absolute atomic E-state index is 12.0. The van der Waals surface area contributed by atoms with Crippen molar-refractivity contribution in [3.63, 3.8) is 0 Å². The molecule has 0 spiro atoms. The zero-order chi connectivity index (χ0) is 17.2. The predicted octanol–water partition coefficient (Wildman–Crippen LogP) is 2.89. The van der Waals surface area contributed by atoms with Crippen molar-refractivity contribution in [2.24, 2.45) is 0 Å². The molecule has 0 bridgehead atoms. The average molecular weight is 348 g/mol. The minimum absolute atomic E-state index is 0.0819. The van der Waals surface area contributed by atoms with Gasteiger partial charge in [-0.3, -0.25) is 9.69 Å². The normalized spacial score (nSPS) is 17.1. The molecule has 1 fully saturated rings. The van der Waals surface area contributed by atoms with Crippen molar-refractivity contribution in [3.8, 4) is 11.5 Å². The molecule has 1 aliphatic rings. The number of rotatable bonds is 4. The molecule has 1 saturated heterocycles. The molecular weight excluding hydrogens is 324 g/mol. The number of piperidine rings is 1. The van der Waals surface area contributed by atoms with E-state index >= 15 is 0 Å². The summed E-state index contributed by atoms with van der Waals surface area (Å²) in [6.07, 6.45) is 1.88. The Hall–Kier alpha value is -1.73. The quantitative estimate of drug-likeness (QED) is 0.920. The van der Waals surface area contributed by atoms with Gasteiger partial charge < -0.3 is 9.73 Å². The first kappa shape index (κ1) is 17.1. The van der Waals surface area contributed by atoms with Crippen LogP contribution in [0.25, 0.3) is 11.5 Å². The molecule has 1 N–H and O–H groups in total. The second-order valence-corrected chi connectivity index (χ2v) is 8.09. The van der Waals surface area contributed by atoms with E-state index in [0.717, 1.165) is 37.4 Å². The molecule has 130 valence electrons. The summed E-state index contributed by atoms with van der Waals surface area (Å²) in [6, 6.07) is 1.98. The average Bonchev–Trinajstić information content (AvgIpc) is 3.17. The van der Waals surface area contributed by atoms with E-state index < -0.39 is 0 Å². The van der Waals surface area contributed by atoms with Gasteiger partial charge in [-0.15, -0.1) is 10.2 Å². The number of thiophene rings is 1. The van der Waals surface area contributed by atoms with Gasteiger partial charge in [-0.05, 0) is 58.1 Å². The predicted molar refractivity (Wildman–Crippen MR) is 93.9 cm³/mol. The highest BCUT2D eigenvalue weighted by Crippen LogP contribution is 2.29. The van der Waals surface area contributed by atoms with Crippen LogP contribution >= 0.6 is 11.3 Å². The molecule has 1 aliphatic heterocycles. The fourth-order valence-electron chi connectivity index (χ4n) is 2.90. The monoisotopic (exact) mass is 348 g/mol. The number of hydrogen-bond acceptors (Lipinski definition) is 6. The molecule has 0 aliphatic carbocycles. The van der Waals surface area contributed by atoms with Crippen LogP contribution in [0.1, 0.15) is 45.4 Å². The van der Waals surface area contributed by atoms with Crippen LogP contribution in [0.2, 0.25) is 0 Å². The molecule has 7 heteroatoms. The Morgan fingerprint density at radius 3 is 2.75 bits per heavy atom. The molecule has 2 aromatic rings. The van der Waals surface area contributed by atoms with Gasteiger partial charge in [0.25, 0.3) is 0 Å². The second kappa shape index (κ2) is 7.03. The first-order valence-corrected chi connectivity index (χ1v) is 9.24. The largest absolute Gasteiger partial charge is 0.420 e. The highest BCUT2D eigenvalue weighted by molar-refractivity contribution is 7.08. The zero-order valence-corrected chi connectivity index (χ0v) is 15.2. The molecule has 0 radical (unpaired) electrons. The first-order valence-electron chi connectivity index (χ1n) is 8.30. The van der Waals surface area contributed by atoms with Crippen molar-refractivity contribution < 1.29 is 9.21 Å². The van der Waals surface area contributed by atoms with Crippen LogP contribution in [0.3, 0.4) is 0 Å². The highest BCUT2D eigenvalue weighted by Gasteiger charge is 2.26. The second-order valence-electron chi connectivity index (χ2n) is 7.31. The van der Waals surface area contributed by atoms with E-state index in [1.54, 1.807) is 11.3 Å². The third-order valence-corrected chi connectivity index (χ3v) is 4.71.